The van der Waals surface area contributed by atoms with Crippen LogP contribution in [-0.2, 0) is 4.79 Å². The fraction of sp³-hybridized carbons (Fsp3) is 0.462. The molecular weight excluding hydrogens is 311 g/mol. The zero-order valence-corrected chi connectivity index (χ0v) is 12.3. The molecule has 118 valence electrons. The van der Waals surface area contributed by atoms with Crippen molar-refractivity contribution in [2.45, 2.75) is 33.2 Å². The molecule has 8 heteroatoms. The molecule has 1 aromatic carbocycles. The maximum absolute atomic E-state index is 12.1. The fourth-order valence-electron chi connectivity index (χ4n) is 1.61. The van der Waals surface area contributed by atoms with Crippen LogP contribution in [0.1, 0.15) is 20.8 Å². The molecule has 0 heterocycles. The van der Waals surface area contributed by atoms with Crippen LogP contribution in [0.15, 0.2) is 18.2 Å². The van der Waals surface area contributed by atoms with Crippen molar-refractivity contribution in [2.24, 2.45) is 5.41 Å². The molecule has 0 saturated carbocycles. The molecule has 1 aromatic rings. The van der Waals surface area contributed by atoms with Gasteiger partial charge in [0.05, 0.1) is 5.02 Å². The Morgan fingerprint density at radius 3 is 2.29 bits per heavy atom. The lowest BCUT2D eigenvalue weighted by Gasteiger charge is -2.28. The topological polar surface area (TPSA) is 58.6 Å². The van der Waals surface area contributed by atoms with Gasteiger partial charge in [-0.25, -0.2) is 4.79 Å². The Bertz CT molecular complexity index is 526. The summed E-state index contributed by atoms with van der Waals surface area (Å²) in [7, 11) is 0. The first-order valence-corrected chi connectivity index (χ1v) is 6.32. The fourth-order valence-corrected chi connectivity index (χ4v) is 1.83. The third-order valence-electron chi connectivity index (χ3n) is 2.58. The van der Waals surface area contributed by atoms with Crippen molar-refractivity contribution in [1.29, 1.82) is 0 Å². The van der Waals surface area contributed by atoms with Crippen LogP contribution in [0.25, 0.3) is 0 Å². The number of halogens is 4. The van der Waals surface area contributed by atoms with Gasteiger partial charge in [-0.15, -0.1) is 13.2 Å². The largest absolute Gasteiger partial charge is 0.573 e. The highest BCUT2D eigenvalue weighted by Crippen LogP contribution is 2.33. The first-order chi connectivity index (χ1) is 9.40. The van der Waals surface area contributed by atoms with Crippen molar-refractivity contribution >= 4 is 23.3 Å². The van der Waals surface area contributed by atoms with E-state index in [1.54, 1.807) is 20.8 Å². The van der Waals surface area contributed by atoms with Crippen molar-refractivity contribution in [2.75, 3.05) is 5.32 Å². The third-order valence-corrected chi connectivity index (χ3v) is 2.88. The molecule has 0 saturated heterocycles. The van der Waals surface area contributed by atoms with E-state index in [1.807, 2.05) is 0 Å². The van der Waals surface area contributed by atoms with E-state index >= 15 is 0 Å². The molecule has 0 aliphatic heterocycles. The summed E-state index contributed by atoms with van der Waals surface area (Å²) in [6.45, 7) is 5.17. The smallest absolute Gasteiger partial charge is 0.480 e. The number of aliphatic carboxylic acids is 1. The number of hydrogen-bond acceptors (Lipinski definition) is 3. The number of alkyl halides is 3. The molecule has 0 fully saturated rings. The number of carboxylic acids is 1. The van der Waals surface area contributed by atoms with Gasteiger partial charge in [0, 0.05) is 5.69 Å². The molecule has 4 nitrogen and oxygen atoms in total. The second-order valence-electron chi connectivity index (χ2n) is 5.47. The highest BCUT2D eigenvalue weighted by molar-refractivity contribution is 6.32. The van der Waals surface area contributed by atoms with Crippen LogP contribution in [0.5, 0.6) is 5.75 Å². The van der Waals surface area contributed by atoms with Crippen LogP contribution in [0.4, 0.5) is 18.9 Å². The Kier molecular flexibility index (Phi) is 4.99. The van der Waals surface area contributed by atoms with E-state index in [1.165, 1.54) is 12.1 Å². The monoisotopic (exact) mass is 325 g/mol. The van der Waals surface area contributed by atoms with E-state index in [0.717, 1.165) is 6.07 Å². The molecule has 0 aliphatic carbocycles. The number of carbonyl (C=O) groups is 1. The molecule has 1 unspecified atom stereocenters. The number of rotatable bonds is 4. The number of ether oxygens (including phenoxy) is 1. The first-order valence-electron chi connectivity index (χ1n) is 5.95. The van der Waals surface area contributed by atoms with E-state index in [0.29, 0.717) is 0 Å². The quantitative estimate of drug-likeness (QED) is 0.873. The van der Waals surface area contributed by atoms with Crippen LogP contribution < -0.4 is 10.1 Å². The summed E-state index contributed by atoms with van der Waals surface area (Å²) in [6.07, 6.45) is -4.84. The van der Waals surface area contributed by atoms with Crippen molar-refractivity contribution in [1.82, 2.24) is 0 Å². The summed E-state index contributed by atoms with van der Waals surface area (Å²) in [5, 5.41) is 11.6. The minimum atomic E-state index is -4.84. The number of nitrogens with one attached hydrogen (secondary N) is 1. The predicted octanol–water partition coefficient (Wildman–Crippen LogP) is 4.15. The Hall–Kier alpha value is -1.63. The van der Waals surface area contributed by atoms with Gasteiger partial charge in [-0.3, -0.25) is 0 Å². The molecule has 21 heavy (non-hydrogen) atoms. The average molecular weight is 326 g/mol. The van der Waals surface area contributed by atoms with Gasteiger partial charge in [0.25, 0.3) is 0 Å². The molecule has 2 N–H and O–H groups in total. The summed E-state index contributed by atoms with van der Waals surface area (Å²) in [5.41, 5.74) is -0.309. The molecule has 0 amide bonds. The molecule has 0 radical (unpaired) electrons. The zero-order valence-electron chi connectivity index (χ0n) is 11.6. The lowest BCUT2D eigenvalue weighted by molar-refractivity contribution is -0.274. The lowest BCUT2D eigenvalue weighted by atomic mass is 9.86. The molecule has 1 rings (SSSR count). The van der Waals surface area contributed by atoms with Crippen molar-refractivity contribution in [3.05, 3.63) is 23.2 Å². The highest BCUT2D eigenvalue weighted by Gasteiger charge is 2.33. The SMILES string of the molecule is CC(C)(C)C(Nc1ccc(OC(F)(F)F)c(Cl)c1)C(=O)O. The van der Waals surface area contributed by atoms with E-state index < -0.39 is 29.5 Å². The Morgan fingerprint density at radius 2 is 1.90 bits per heavy atom. The standard InChI is InChI=1S/C13H15ClF3NO3/c1-12(2,3)10(11(19)20)18-7-4-5-9(8(14)6-7)21-13(15,16)17/h4-6,10,18H,1-3H3,(H,19,20). The average Bonchev–Trinajstić information content (AvgIpc) is 2.25. The van der Waals surface area contributed by atoms with Gasteiger partial charge in [-0.1, -0.05) is 32.4 Å². The predicted molar refractivity (Wildman–Crippen MR) is 72.6 cm³/mol. The van der Waals surface area contributed by atoms with Crippen molar-refractivity contribution in [3.8, 4) is 5.75 Å². The van der Waals surface area contributed by atoms with E-state index in [9.17, 15) is 23.1 Å². The van der Waals surface area contributed by atoms with Gasteiger partial charge >= 0.3 is 12.3 Å². The second-order valence-corrected chi connectivity index (χ2v) is 5.88. The number of benzene rings is 1. The second kappa shape index (κ2) is 6.01. The van der Waals surface area contributed by atoms with Crippen LogP contribution in [0.3, 0.4) is 0 Å². The van der Waals surface area contributed by atoms with Gasteiger partial charge in [0.1, 0.15) is 11.8 Å². The molecule has 0 aromatic heterocycles. The van der Waals surface area contributed by atoms with Gasteiger partial charge in [-0.2, -0.15) is 0 Å². The first kappa shape index (κ1) is 17.4. The summed E-state index contributed by atoms with van der Waals surface area (Å²) < 4.78 is 40.1. The van der Waals surface area contributed by atoms with Gasteiger partial charge in [0.15, 0.2) is 0 Å². The number of carboxylic acid groups (broad SMARTS) is 1. The van der Waals surface area contributed by atoms with E-state index in [4.69, 9.17) is 11.6 Å². The Labute approximate surface area is 124 Å². The third kappa shape index (κ3) is 5.34. The molecule has 0 spiro atoms. The Morgan fingerprint density at radius 1 is 1.33 bits per heavy atom. The van der Waals surface area contributed by atoms with E-state index in [2.05, 4.69) is 10.1 Å². The minimum absolute atomic E-state index is 0.268. The van der Waals surface area contributed by atoms with Crippen LogP contribution in [0.2, 0.25) is 5.02 Å². The van der Waals surface area contributed by atoms with Crippen molar-refractivity contribution in [3.63, 3.8) is 0 Å². The van der Waals surface area contributed by atoms with Gasteiger partial charge in [-0.05, 0) is 23.6 Å². The summed E-state index contributed by atoms with van der Waals surface area (Å²) in [5.74, 6) is -1.62. The highest BCUT2D eigenvalue weighted by atomic mass is 35.5. The summed E-state index contributed by atoms with van der Waals surface area (Å²) in [4.78, 5) is 11.2. The maximum Gasteiger partial charge on any atom is 0.573 e. The number of anilines is 1. The summed E-state index contributed by atoms with van der Waals surface area (Å²) in [6, 6.07) is 2.56. The maximum atomic E-state index is 12.1. The van der Waals surface area contributed by atoms with E-state index in [-0.39, 0.29) is 10.7 Å². The minimum Gasteiger partial charge on any atom is -0.480 e. The zero-order chi connectivity index (χ0) is 16.4. The van der Waals surface area contributed by atoms with Gasteiger partial charge in [0.2, 0.25) is 0 Å². The normalized spacial score (nSPS) is 13.7. The molecule has 1 atom stereocenters. The van der Waals surface area contributed by atoms with Crippen LogP contribution >= 0.6 is 11.6 Å². The van der Waals surface area contributed by atoms with Gasteiger partial charge < -0.3 is 15.2 Å². The number of hydrogen-bond donors (Lipinski definition) is 2. The summed E-state index contributed by atoms with van der Waals surface area (Å²) >= 11 is 5.70. The van der Waals surface area contributed by atoms with Crippen LogP contribution in [-0.4, -0.2) is 23.5 Å². The Balaban J connectivity index is 2.96. The van der Waals surface area contributed by atoms with Crippen molar-refractivity contribution < 1.29 is 27.8 Å². The molecule has 0 aliphatic rings. The lowest BCUT2D eigenvalue weighted by Crippen LogP contribution is -2.41. The van der Waals surface area contributed by atoms with Crippen LogP contribution in [0, 0.1) is 5.41 Å². The molecular formula is C13H15ClF3NO3. The molecule has 0 bridgehead atoms.